The maximum Gasteiger partial charge on any atom is 0.164 e. The van der Waals surface area contributed by atoms with E-state index in [9.17, 15) is 9.59 Å². The third-order valence-corrected chi connectivity index (χ3v) is 6.86. The minimum Gasteiger partial charge on any atom is -0.493 e. The standard InChI is InChI=1S/C28H34O5/c1-8-9-16-10-17(11-20(31-6)26(16)32-7)23-24-18(29)12-27(2,3)14-21(24)33-22-15-28(4,5)13-19(30)25(22)23/h8,10-11,23H,1,9,12-15H2,2-7H3. The lowest BCUT2D eigenvalue weighted by Crippen LogP contribution is -2.37. The van der Waals surface area contributed by atoms with Crippen LogP contribution in [0.4, 0.5) is 0 Å². The normalized spacial score (nSPS) is 21.9. The molecule has 1 aromatic rings. The molecule has 5 heteroatoms. The van der Waals surface area contributed by atoms with Gasteiger partial charge in [-0.2, -0.15) is 0 Å². The molecule has 0 fully saturated rings. The van der Waals surface area contributed by atoms with Crippen molar-refractivity contribution in [3.63, 3.8) is 0 Å². The number of allylic oxidation sites excluding steroid dienone is 5. The van der Waals surface area contributed by atoms with E-state index >= 15 is 0 Å². The molecule has 1 aromatic carbocycles. The van der Waals surface area contributed by atoms with Gasteiger partial charge in [0.2, 0.25) is 0 Å². The molecule has 0 saturated heterocycles. The Labute approximate surface area is 196 Å². The number of carbonyl (C=O) groups excluding carboxylic acids is 2. The fourth-order valence-corrected chi connectivity index (χ4v) is 5.55. The number of methoxy groups -OCH3 is 2. The summed E-state index contributed by atoms with van der Waals surface area (Å²) in [5.74, 6) is 2.29. The number of ketones is 2. The van der Waals surface area contributed by atoms with Crippen LogP contribution in [0.25, 0.3) is 0 Å². The second-order valence-electron chi connectivity index (χ2n) is 11.0. The zero-order valence-corrected chi connectivity index (χ0v) is 20.6. The highest BCUT2D eigenvalue weighted by atomic mass is 16.5. The van der Waals surface area contributed by atoms with Crippen LogP contribution in [0.3, 0.4) is 0 Å². The van der Waals surface area contributed by atoms with Gasteiger partial charge in [-0.25, -0.2) is 0 Å². The first-order valence-corrected chi connectivity index (χ1v) is 11.6. The summed E-state index contributed by atoms with van der Waals surface area (Å²) in [6, 6.07) is 3.92. The predicted molar refractivity (Wildman–Crippen MR) is 127 cm³/mol. The lowest BCUT2D eigenvalue weighted by atomic mass is 9.65. The molecule has 0 spiro atoms. The van der Waals surface area contributed by atoms with Gasteiger partial charge in [0, 0.05) is 48.3 Å². The molecular weight excluding hydrogens is 416 g/mol. The SMILES string of the molecule is C=CCc1cc(C2C3=C(CC(C)(C)CC3=O)OC3=C2C(=O)CC(C)(C)C3)cc(OC)c1OC. The summed E-state index contributed by atoms with van der Waals surface area (Å²) >= 11 is 0. The number of hydrogen-bond acceptors (Lipinski definition) is 5. The van der Waals surface area contributed by atoms with Gasteiger partial charge in [-0.05, 0) is 28.9 Å². The second-order valence-corrected chi connectivity index (χ2v) is 11.0. The van der Waals surface area contributed by atoms with E-state index in [4.69, 9.17) is 14.2 Å². The Bertz CT molecular complexity index is 1050. The monoisotopic (exact) mass is 450 g/mol. The number of carbonyl (C=O) groups is 2. The molecule has 33 heavy (non-hydrogen) atoms. The Kier molecular flexibility index (Phi) is 5.80. The van der Waals surface area contributed by atoms with E-state index in [1.165, 1.54) is 0 Å². The molecule has 2 aliphatic carbocycles. The highest BCUT2D eigenvalue weighted by Crippen LogP contribution is 2.54. The van der Waals surface area contributed by atoms with Crippen LogP contribution in [-0.2, 0) is 20.7 Å². The van der Waals surface area contributed by atoms with E-state index in [0.29, 0.717) is 66.3 Å². The molecule has 1 heterocycles. The zero-order valence-electron chi connectivity index (χ0n) is 20.6. The van der Waals surface area contributed by atoms with Crippen molar-refractivity contribution < 1.29 is 23.8 Å². The molecule has 0 N–H and O–H groups in total. The first-order valence-electron chi connectivity index (χ1n) is 11.6. The fourth-order valence-electron chi connectivity index (χ4n) is 5.55. The summed E-state index contributed by atoms with van der Waals surface area (Å²) in [4.78, 5) is 27.0. The fraction of sp³-hybridized carbons (Fsp3) is 0.500. The van der Waals surface area contributed by atoms with Crippen LogP contribution in [0.15, 0.2) is 47.5 Å². The summed E-state index contributed by atoms with van der Waals surface area (Å²) < 4.78 is 17.7. The Hall–Kier alpha value is -2.82. The lowest BCUT2D eigenvalue weighted by molar-refractivity contribution is -0.120. The number of rotatable bonds is 5. The average Bonchev–Trinajstić information content (AvgIpc) is 2.70. The molecule has 5 nitrogen and oxygen atoms in total. The molecule has 4 rings (SSSR count). The molecule has 0 amide bonds. The van der Waals surface area contributed by atoms with Crippen molar-refractivity contribution in [2.24, 2.45) is 10.8 Å². The van der Waals surface area contributed by atoms with Crippen LogP contribution in [0.5, 0.6) is 11.5 Å². The summed E-state index contributed by atoms with van der Waals surface area (Å²) in [6.07, 6.45) is 4.59. The van der Waals surface area contributed by atoms with E-state index in [0.717, 1.165) is 11.1 Å². The minimum atomic E-state index is -0.459. The predicted octanol–water partition coefficient (Wildman–Crippen LogP) is 5.83. The molecule has 3 aliphatic rings. The Morgan fingerprint density at radius 1 is 0.939 bits per heavy atom. The van der Waals surface area contributed by atoms with Crippen LogP contribution >= 0.6 is 0 Å². The molecule has 0 saturated carbocycles. The van der Waals surface area contributed by atoms with Gasteiger partial charge in [-0.1, -0.05) is 39.8 Å². The van der Waals surface area contributed by atoms with Gasteiger partial charge in [0.1, 0.15) is 11.5 Å². The van der Waals surface area contributed by atoms with E-state index in [1.807, 2.05) is 18.2 Å². The summed E-state index contributed by atoms with van der Waals surface area (Å²) in [5, 5.41) is 0. The summed E-state index contributed by atoms with van der Waals surface area (Å²) in [5.41, 5.74) is 2.64. The van der Waals surface area contributed by atoms with Crippen LogP contribution in [0.1, 0.15) is 70.4 Å². The van der Waals surface area contributed by atoms with Gasteiger partial charge in [-0.15, -0.1) is 6.58 Å². The van der Waals surface area contributed by atoms with Crippen LogP contribution in [-0.4, -0.2) is 25.8 Å². The van der Waals surface area contributed by atoms with Crippen molar-refractivity contribution in [2.45, 2.75) is 65.7 Å². The zero-order chi connectivity index (χ0) is 24.1. The van der Waals surface area contributed by atoms with Gasteiger partial charge in [0.05, 0.1) is 14.2 Å². The van der Waals surface area contributed by atoms with Gasteiger partial charge in [0.25, 0.3) is 0 Å². The Morgan fingerprint density at radius 3 is 1.94 bits per heavy atom. The molecule has 176 valence electrons. The van der Waals surface area contributed by atoms with E-state index in [-0.39, 0.29) is 22.4 Å². The highest BCUT2D eigenvalue weighted by Gasteiger charge is 2.48. The maximum atomic E-state index is 13.5. The van der Waals surface area contributed by atoms with Gasteiger partial charge >= 0.3 is 0 Å². The Balaban J connectivity index is 1.97. The number of Topliss-reactive ketones (excluding diaryl/α,β-unsaturated/α-hetero) is 2. The molecule has 0 atom stereocenters. The first-order chi connectivity index (χ1) is 15.5. The average molecular weight is 451 g/mol. The largest absolute Gasteiger partial charge is 0.493 e. The molecule has 1 aliphatic heterocycles. The Morgan fingerprint density at radius 2 is 1.48 bits per heavy atom. The lowest BCUT2D eigenvalue weighted by Gasteiger charge is -2.42. The smallest absolute Gasteiger partial charge is 0.164 e. The number of hydrogen-bond donors (Lipinski definition) is 0. The van der Waals surface area contributed by atoms with Crippen molar-refractivity contribution in [3.8, 4) is 11.5 Å². The van der Waals surface area contributed by atoms with Crippen molar-refractivity contribution in [1.29, 1.82) is 0 Å². The number of ether oxygens (including phenoxy) is 3. The third kappa shape index (κ3) is 4.14. The maximum absolute atomic E-state index is 13.5. The van der Waals surface area contributed by atoms with Crippen LogP contribution in [0.2, 0.25) is 0 Å². The van der Waals surface area contributed by atoms with Gasteiger partial charge in [0.15, 0.2) is 23.1 Å². The minimum absolute atomic E-state index is 0.0514. The van der Waals surface area contributed by atoms with Crippen molar-refractivity contribution in [2.75, 3.05) is 14.2 Å². The van der Waals surface area contributed by atoms with Gasteiger partial charge in [-0.3, -0.25) is 9.59 Å². The quantitative estimate of drug-likeness (QED) is 0.528. The van der Waals surface area contributed by atoms with Crippen molar-refractivity contribution in [3.05, 3.63) is 58.6 Å². The second kappa shape index (κ2) is 8.19. The third-order valence-electron chi connectivity index (χ3n) is 6.86. The van der Waals surface area contributed by atoms with Crippen LogP contribution in [0, 0.1) is 10.8 Å². The summed E-state index contributed by atoms with van der Waals surface area (Å²) in [6.45, 7) is 12.2. The highest BCUT2D eigenvalue weighted by molar-refractivity contribution is 6.06. The van der Waals surface area contributed by atoms with Gasteiger partial charge < -0.3 is 14.2 Å². The van der Waals surface area contributed by atoms with E-state index in [2.05, 4.69) is 34.3 Å². The first kappa shape index (κ1) is 23.3. The molecule has 0 aromatic heterocycles. The number of benzene rings is 1. The van der Waals surface area contributed by atoms with Crippen molar-refractivity contribution in [1.82, 2.24) is 0 Å². The van der Waals surface area contributed by atoms with E-state index < -0.39 is 5.92 Å². The van der Waals surface area contributed by atoms with Crippen molar-refractivity contribution >= 4 is 11.6 Å². The molecule has 0 unspecified atom stereocenters. The molecule has 0 radical (unpaired) electrons. The molecule has 0 bridgehead atoms. The van der Waals surface area contributed by atoms with E-state index in [1.54, 1.807) is 14.2 Å². The van der Waals surface area contributed by atoms with Crippen LogP contribution < -0.4 is 9.47 Å². The topological polar surface area (TPSA) is 61.8 Å². The molecular formula is C28H34O5. The summed E-state index contributed by atoms with van der Waals surface area (Å²) in [7, 11) is 3.21.